The van der Waals surface area contributed by atoms with Crippen molar-refractivity contribution in [3.63, 3.8) is 0 Å². The monoisotopic (exact) mass is 290 g/mol. The zero-order valence-corrected chi connectivity index (χ0v) is 12.9. The van der Waals surface area contributed by atoms with Crippen LogP contribution < -0.4 is 5.73 Å². The number of nitrogens with two attached hydrogens (primary N) is 1. The molecule has 0 bridgehead atoms. The van der Waals surface area contributed by atoms with Gasteiger partial charge in [0.2, 0.25) is 5.91 Å². The topological polar surface area (TPSA) is 55.6 Å². The molecule has 2 aliphatic rings. The minimum Gasteiger partial charge on any atom is -0.385 e. The third-order valence-electron chi connectivity index (χ3n) is 4.89. The van der Waals surface area contributed by atoms with Crippen LogP contribution in [0.2, 0.25) is 0 Å². The molecule has 1 aliphatic carbocycles. The normalized spacial score (nSPS) is 28.7. The van der Waals surface area contributed by atoms with Gasteiger partial charge < -0.3 is 15.4 Å². The van der Waals surface area contributed by atoms with Gasteiger partial charge in [-0.2, -0.15) is 0 Å². The Morgan fingerprint density at radius 1 is 1.37 bits per heavy atom. The van der Waals surface area contributed by atoms with E-state index in [0.29, 0.717) is 19.1 Å². The molecule has 1 atom stereocenters. The minimum atomic E-state index is -0.115. The Hall–Kier alpha value is -0.320. The molecule has 1 unspecified atom stereocenters. The first-order valence-electron chi connectivity index (χ1n) is 7.04. The van der Waals surface area contributed by atoms with Gasteiger partial charge in [-0.05, 0) is 37.6 Å². The molecule has 2 N–H and O–H groups in total. The maximum absolute atomic E-state index is 12.7. The first-order chi connectivity index (χ1) is 8.55. The molecule has 0 aromatic rings. The van der Waals surface area contributed by atoms with E-state index in [1.165, 1.54) is 6.42 Å². The fourth-order valence-electron chi connectivity index (χ4n) is 3.17. The molecular weight excluding hydrogens is 264 g/mol. The van der Waals surface area contributed by atoms with Crippen molar-refractivity contribution in [1.29, 1.82) is 0 Å². The molecule has 1 heterocycles. The second-order valence-electron chi connectivity index (χ2n) is 6.37. The van der Waals surface area contributed by atoms with Crippen LogP contribution in [0.5, 0.6) is 0 Å². The van der Waals surface area contributed by atoms with Gasteiger partial charge in [0.25, 0.3) is 0 Å². The van der Waals surface area contributed by atoms with Gasteiger partial charge in [-0.3, -0.25) is 4.79 Å². The van der Waals surface area contributed by atoms with E-state index in [-0.39, 0.29) is 23.2 Å². The Kier molecular flexibility index (Phi) is 5.65. The highest BCUT2D eigenvalue weighted by Crippen LogP contribution is 2.46. The maximum Gasteiger partial charge on any atom is 0.228 e. The van der Waals surface area contributed by atoms with Crippen LogP contribution in [0.15, 0.2) is 0 Å². The smallest absolute Gasteiger partial charge is 0.228 e. The standard InChI is InChI=1S/C14H26N2O2.ClH/c1-13(10-15)6-8-16(11-13)12(17)14(4-3-5-14)7-9-18-2;/h3-11,15H2,1-2H3;1H. The molecule has 1 saturated carbocycles. The lowest BCUT2D eigenvalue weighted by Gasteiger charge is -2.43. The van der Waals surface area contributed by atoms with E-state index >= 15 is 0 Å². The Labute approximate surface area is 122 Å². The molecule has 2 rings (SSSR count). The summed E-state index contributed by atoms with van der Waals surface area (Å²) >= 11 is 0. The fourth-order valence-corrected chi connectivity index (χ4v) is 3.17. The molecule has 4 nitrogen and oxygen atoms in total. The van der Waals surface area contributed by atoms with Gasteiger partial charge in [-0.1, -0.05) is 13.3 Å². The largest absolute Gasteiger partial charge is 0.385 e. The summed E-state index contributed by atoms with van der Waals surface area (Å²) in [5.41, 5.74) is 5.82. The van der Waals surface area contributed by atoms with E-state index in [1.54, 1.807) is 7.11 Å². The number of nitrogens with zero attached hydrogens (tertiary/aromatic N) is 1. The zero-order valence-electron chi connectivity index (χ0n) is 12.1. The van der Waals surface area contributed by atoms with Crippen molar-refractivity contribution in [3.05, 3.63) is 0 Å². The predicted octanol–water partition coefficient (Wildman–Crippen LogP) is 1.81. The molecule has 1 amide bonds. The molecule has 0 spiro atoms. The van der Waals surface area contributed by atoms with Crippen LogP contribution >= 0.6 is 12.4 Å². The number of carbonyl (C=O) groups excluding carboxylic acids is 1. The lowest BCUT2D eigenvalue weighted by molar-refractivity contribution is -0.148. The molecular formula is C14H27ClN2O2. The Morgan fingerprint density at radius 3 is 2.47 bits per heavy atom. The van der Waals surface area contributed by atoms with E-state index in [9.17, 15) is 4.79 Å². The number of hydrogen-bond acceptors (Lipinski definition) is 3. The maximum atomic E-state index is 12.7. The van der Waals surface area contributed by atoms with Crippen LogP contribution in [-0.4, -0.2) is 44.2 Å². The summed E-state index contributed by atoms with van der Waals surface area (Å²) in [5.74, 6) is 0.350. The highest BCUT2D eigenvalue weighted by Gasteiger charge is 2.48. The highest BCUT2D eigenvalue weighted by atomic mass is 35.5. The molecule has 0 radical (unpaired) electrons. The van der Waals surface area contributed by atoms with Gasteiger partial charge in [0.15, 0.2) is 0 Å². The van der Waals surface area contributed by atoms with Gasteiger partial charge in [-0.25, -0.2) is 0 Å². The van der Waals surface area contributed by atoms with Gasteiger partial charge >= 0.3 is 0 Å². The Morgan fingerprint density at radius 2 is 2.05 bits per heavy atom. The van der Waals surface area contributed by atoms with Crippen LogP contribution in [-0.2, 0) is 9.53 Å². The summed E-state index contributed by atoms with van der Waals surface area (Å²) in [6.07, 6.45) is 5.15. The molecule has 2 fully saturated rings. The number of rotatable bonds is 5. The van der Waals surface area contributed by atoms with Crippen molar-refractivity contribution in [2.45, 2.75) is 39.0 Å². The van der Waals surface area contributed by atoms with Crippen LogP contribution in [0.25, 0.3) is 0 Å². The first-order valence-corrected chi connectivity index (χ1v) is 7.04. The average molecular weight is 291 g/mol. The van der Waals surface area contributed by atoms with Crippen molar-refractivity contribution >= 4 is 18.3 Å². The molecule has 0 aromatic heterocycles. The summed E-state index contributed by atoms with van der Waals surface area (Å²) in [6.45, 7) is 5.25. The lowest BCUT2D eigenvalue weighted by atomic mass is 9.66. The summed E-state index contributed by atoms with van der Waals surface area (Å²) in [6, 6.07) is 0. The number of ether oxygens (including phenoxy) is 1. The van der Waals surface area contributed by atoms with E-state index in [0.717, 1.165) is 38.8 Å². The van der Waals surface area contributed by atoms with E-state index in [2.05, 4.69) is 6.92 Å². The average Bonchev–Trinajstić information content (AvgIpc) is 2.71. The molecule has 1 aliphatic heterocycles. The molecule has 5 heteroatoms. The second kappa shape index (κ2) is 6.42. The third-order valence-corrected chi connectivity index (χ3v) is 4.89. The molecule has 1 saturated heterocycles. The quantitative estimate of drug-likeness (QED) is 0.840. The summed E-state index contributed by atoms with van der Waals surface area (Å²) in [4.78, 5) is 14.7. The van der Waals surface area contributed by atoms with Crippen molar-refractivity contribution in [1.82, 2.24) is 4.90 Å². The van der Waals surface area contributed by atoms with Crippen LogP contribution in [0.1, 0.15) is 39.0 Å². The summed E-state index contributed by atoms with van der Waals surface area (Å²) < 4.78 is 5.16. The van der Waals surface area contributed by atoms with Gasteiger partial charge in [0, 0.05) is 26.8 Å². The third kappa shape index (κ3) is 3.23. The zero-order chi connectivity index (χ0) is 13.2. The van der Waals surface area contributed by atoms with Crippen molar-refractivity contribution < 1.29 is 9.53 Å². The van der Waals surface area contributed by atoms with Crippen molar-refractivity contribution in [2.24, 2.45) is 16.6 Å². The van der Waals surface area contributed by atoms with Gasteiger partial charge in [0.05, 0.1) is 5.41 Å². The van der Waals surface area contributed by atoms with Gasteiger partial charge in [-0.15, -0.1) is 12.4 Å². The number of hydrogen-bond donors (Lipinski definition) is 1. The summed E-state index contributed by atoms with van der Waals surface area (Å²) in [7, 11) is 1.71. The number of amides is 1. The second-order valence-corrected chi connectivity index (χ2v) is 6.37. The molecule has 19 heavy (non-hydrogen) atoms. The van der Waals surface area contributed by atoms with Crippen molar-refractivity contribution in [2.75, 3.05) is 33.4 Å². The number of methoxy groups -OCH3 is 1. The van der Waals surface area contributed by atoms with Crippen LogP contribution in [0.3, 0.4) is 0 Å². The summed E-state index contributed by atoms with van der Waals surface area (Å²) in [5, 5.41) is 0. The lowest BCUT2D eigenvalue weighted by Crippen LogP contribution is -2.48. The Balaban J connectivity index is 0.00000180. The number of likely N-dealkylation sites (tertiary alicyclic amines) is 1. The minimum absolute atomic E-state index is 0. The SMILES string of the molecule is COCCC1(C(=O)N2CCC(C)(CN)C2)CCC1.Cl. The van der Waals surface area contributed by atoms with E-state index < -0.39 is 0 Å². The van der Waals surface area contributed by atoms with Crippen molar-refractivity contribution in [3.8, 4) is 0 Å². The number of carbonyl (C=O) groups is 1. The number of halogens is 1. The molecule has 0 aromatic carbocycles. The van der Waals surface area contributed by atoms with Crippen LogP contribution in [0, 0.1) is 10.8 Å². The van der Waals surface area contributed by atoms with Gasteiger partial charge in [0.1, 0.15) is 0 Å². The van der Waals surface area contributed by atoms with E-state index in [1.807, 2.05) is 4.90 Å². The van der Waals surface area contributed by atoms with E-state index in [4.69, 9.17) is 10.5 Å². The Bertz CT molecular complexity index is 321. The predicted molar refractivity (Wildman–Crippen MR) is 78.4 cm³/mol. The highest BCUT2D eigenvalue weighted by molar-refractivity contribution is 5.85. The first kappa shape index (κ1) is 16.7. The fraction of sp³-hybridized carbons (Fsp3) is 0.929. The van der Waals surface area contributed by atoms with Crippen LogP contribution in [0.4, 0.5) is 0 Å². The molecule has 112 valence electrons.